The molecular formula is C32H33F3N4O6S2. The number of carboxylic acid groups (broad SMARTS) is 1. The van der Waals surface area contributed by atoms with Crippen LogP contribution in [0.1, 0.15) is 42.4 Å². The molecule has 15 heteroatoms. The first-order chi connectivity index (χ1) is 22.2. The molecule has 4 rings (SSSR count). The van der Waals surface area contributed by atoms with E-state index in [0.717, 1.165) is 17.3 Å². The molecule has 0 fully saturated rings. The van der Waals surface area contributed by atoms with Crippen LogP contribution in [0.15, 0.2) is 88.8 Å². The predicted octanol–water partition coefficient (Wildman–Crippen LogP) is 5.69. The Hall–Kier alpha value is -4.34. The fourth-order valence-corrected chi connectivity index (χ4v) is 6.81. The summed E-state index contributed by atoms with van der Waals surface area (Å²) in [6.07, 6.45) is -2.57. The summed E-state index contributed by atoms with van der Waals surface area (Å²) in [5, 5.41) is 22.3. The Bertz CT molecular complexity index is 1830. The Kier molecular flexibility index (Phi) is 11.0. The summed E-state index contributed by atoms with van der Waals surface area (Å²) in [6, 6.07) is 20.7. The Morgan fingerprint density at radius 1 is 0.957 bits per heavy atom. The van der Waals surface area contributed by atoms with E-state index in [4.69, 9.17) is 0 Å². The van der Waals surface area contributed by atoms with Crippen LogP contribution < -0.4 is 10.0 Å². The summed E-state index contributed by atoms with van der Waals surface area (Å²) >= 11 is 0.838. The fraction of sp³-hybridized carbons (Fsp3) is 0.281. The number of carboxylic acids is 1. The quantitative estimate of drug-likeness (QED) is 0.131. The molecule has 2 amide bonds. The van der Waals surface area contributed by atoms with Crippen LogP contribution in [0.4, 0.5) is 18.0 Å². The maximum atomic E-state index is 13.9. The zero-order chi connectivity index (χ0) is 34.4. The Balaban J connectivity index is 1.63. The number of benzene rings is 3. The van der Waals surface area contributed by atoms with Crippen molar-refractivity contribution in [2.45, 2.75) is 61.0 Å². The summed E-state index contributed by atoms with van der Waals surface area (Å²) in [5.41, 5.74) is -3.03. The largest absolute Gasteiger partial charge is 0.479 e. The van der Waals surface area contributed by atoms with E-state index in [9.17, 15) is 41.4 Å². The number of imidazole rings is 1. The molecule has 1 aromatic heterocycles. The number of aryl methyl sites for hydroxylation is 1. The number of nitrogens with zero attached hydrogens (tertiary/aromatic N) is 2. The number of nitrogens with one attached hydrogen (secondary N) is 2. The maximum absolute atomic E-state index is 13.9. The molecule has 1 unspecified atom stereocenters. The third-order valence-electron chi connectivity index (χ3n) is 7.32. The van der Waals surface area contributed by atoms with Gasteiger partial charge in [0, 0.05) is 25.1 Å². The number of halogens is 3. The van der Waals surface area contributed by atoms with E-state index in [1.54, 1.807) is 60.7 Å². The summed E-state index contributed by atoms with van der Waals surface area (Å²) in [4.78, 5) is 28.1. The van der Waals surface area contributed by atoms with Crippen LogP contribution in [0.5, 0.6) is 0 Å². The number of sulfonamides is 1. The zero-order valence-electron chi connectivity index (χ0n) is 25.4. The van der Waals surface area contributed by atoms with Gasteiger partial charge in [0.15, 0.2) is 0 Å². The van der Waals surface area contributed by atoms with Gasteiger partial charge in [0.1, 0.15) is 16.5 Å². The SMILES string of the molecule is CCCCc1nc(C(O)(C(=O)O)C(F)(F)F)c(SC)n1Cc1ccc(-c2ccccc2S(=O)(=O)NC(=O)NCc2ccccc2)cc1. The molecule has 0 spiro atoms. The van der Waals surface area contributed by atoms with Gasteiger partial charge in [-0.1, -0.05) is 86.1 Å². The molecule has 0 saturated heterocycles. The number of urea groups is 1. The number of aromatic nitrogens is 2. The van der Waals surface area contributed by atoms with Crippen LogP contribution in [0.2, 0.25) is 0 Å². The lowest BCUT2D eigenvalue weighted by molar-refractivity contribution is -0.267. The smallest absolute Gasteiger partial charge is 0.434 e. The minimum absolute atomic E-state index is 0.000850. The van der Waals surface area contributed by atoms with E-state index >= 15 is 0 Å². The number of thioether (sulfide) groups is 1. The lowest BCUT2D eigenvalue weighted by Crippen LogP contribution is -2.49. The topological polar surface area (TPSA) is 151 Å². The van der Waals surface area contributed by atoms with E-state index in [0.29, 0.717) is 29.5 Å². The zero-order valence-corrected chi connectivity index (χ0v) is 27.0. The van der Waals surface area contributed by atoms with Gasteiger partial charge in [0.2, 0.25) is 0 Å². The molecule has 4 N–H and O–H groups in total. The first kappa shape index (κ1) is 35.5. The molecule has 0 saturated carbocycles. The first-order valence-electron chi connectivity index (χ1n) is 14.4. The van der Waals surface area contributed by atoms with Gasteiger partial charge in [-0.2, -0.15) is 13.2 Å². The molecule has 0 radical (unpaired) electrons. The Labute approximate surface area is 274 Å². The highest BCUT2D eigenvalue weighted by Gasteiger charge is 2.64. The third-order valence-corrected chi connectivity index (χ3v) is 9.50. The number of rotatable bonds is 13. The van der Waals surface area contributed by atoms with Gasteiger partial charge < -0.3 is 20.1 Å². The molecule has 4 aromatic rings. The summed E-state index contributed by atoms with van der Waals surface area (Å²) < 4.78 is 71.7. The average molecular weight is 691 g/mol. The molecule has 1 atom stereocenters. The Morgan fingerprint density at radius 2 is 1.60 bits per heavy atom. The number of carbonyl (C=O) groups excluding carboxylic acids is 1. The summed E-state index contributed by atoms with van der Waals surface area (Å²) in [7, 11) is -4.30. The normalized spacial score (nSPS) is 13.1. The summed E-state index contributed by atoms with van der Waals surface area (Å²) in [5.74, 6) is -2.29. The second kappa shape index (κ2) is 14.6. The lowest BCUT2D eigenvalue weighted by atomic mass is 10.00. The van der Waals surface area contributed by atoms with Gasteiger partial charge in [0.25, 0.3) is 10.0 Å². The molecule has 250 valence electrons. The number of aliphatic hydroxyl groups is 1. The first-order valence-corrected chi connectivity index (χ1v) is 17.1. The van der Waals surface area contributed by atoms with Gasteiger partial charge in [-0.3, -0.25) is 0 Å². The van der Waals surface area contributed by atoms with Crippen LogP contribution in [-0.4, -0.2) is 52.6 Å². The van der Waals surface area contributed by atoms with Crippen molar-refractivity contribution in [3.63, 3.8) is 0 Å². The molecule has 3 aromatic carbocycles. The highest BCUT2D eigenvalue weighted by Crippen LogP contribution is 2.43. The maximum Gasteiger partial charge on any atom is 0.434 e. The predicted molar refractivity (Wildman–Crippen MR) is 170 cm³/mol. The van der Waals surface area contributed by atoms with Gasteiger partial charge in [0.05, 0.1) is 4.90 Å². The number of hydrogen-bond acceptors (Lipinski definition) is 7. The second-order valence-electron chi connectivity index (χ2n) is 10.6. The number of unbranched alkanes of at least 4 members (excludes halogenated alkanes) is 1. The molecule has 10 nitrogen and oxygen atoms in total. The van der Waals surface area contributed by atoms with Crippen molar-refractivity contribution in [1.29, 1.82) is 0 Å². The van der Waals surface area contributed by atoms with Gasteiger partial charge in [-0.25, -0.2) is 27.7 Å². The highest BCUT2D eigenvalue weighted by atomic mass is 32.2. The van der Waals surface area contributed by atoms with Crippen molar-refractivity contribution >= 4 is 33.8 Å². The van der Waals surface area contributed by atoms with Gasteiger partial charge >= 0.3 is 23.8 Å². The van der Waals surface area contributed by atoms with Crippen LogP contribution in [0, 0.1) is 0 Å². The van der Waals surface area contributed by atoms with Crippen LogP contribution >= 0.6 is 11.8 Å². The van der Waals surface area contributed by atoms with Crippen LogP contribution in [0.3, 0.4) is 0 Å². The number of hydrogen-bond donors (Lipinski definition) is 4. The van der Waals surface area contributed by atoms with Crippen molar-refractivity contribution in [2.24, 2.45) is 0 Å². The van der Waals surface area contributed by atoms with Crippen molar-refractivity contribution in [3.05, 3.63) is 102 Å². The van der Waals surface area contributed by atoms with Crippen molar-refractivity contribution < 1.29 is 41.4 Å². The van der Waals surface area contributed by atoms with Gasteiger partial charge in [-0.05, 0) is 35.4 Å². The van der Waals surface area contributed by atoms with Crippen LogP contribution in [-0.2, 0) is 39.9 Å². The number of alkyl halides is 3. The monoisotopic (exact) mass is 690 g/mol. The highest BCUT2D eigenvalue weighted by molar-refractivity contribution is 7.98. The molecule has 1 heterocycles. The van der Waals surface area contributed by atoms with Crippen molar-refractivity contribution in [3.8, 4) is 11.1 Å². The minimum Gasteiger partial charge on any atom is -0.479 e. The van der Waals surface area contributed by atoms with Crippen molar-refractivity contribution in [2.75, 3.05) is 6.26 Å². The molecule has 0 bridgehead atoms. The van der Waals surface area contributed by atoms with E-state index < -0.39 is 39.5 Å². The molecule has 0 aliphatic carbocycles. The fourth-order valence-electron chi connectivity index (χ4n) is 4.87. The number of carbonyl (C=O) groups is 2. The van der Waals surface area contributed by atoms with Gasteiger partial charge in [-0.15, -0.1) is 11.8 Å². The average Bonchev–Trinajstić information content (AvgIpc) is 3.39. The standard InChI is InChI=1S/C32H33F3N4O6S2/c1-3-4-14-26-37-27(31(43,29(40)41)32(33,34)35)28(46-2)39(26)20-22-15-17-23(18-16-22)24-12-8-9-13-25(24)47(44,45)38-30(42)36-19-21-10-6-5-7-11-21/h5-13,15-18,43H,3-4,14,19-20H2,1-2H3,(H,40,41)(H2,36,38,42). The molecule has 0 aliphatic rings. The van der Waals surface area contributed by atoms with E-state index in [-0.39, 0.29) is 35.3 Å². The Morgan fingerprint density at radius 3 is 2.19 bits per heavy atom. The second-order valence-corrected chi connectivity index (χ2v) is 13.0. The van der Waals surface area contributed by atoms with Crippen molar-refractivity contribution in [1.82, 2.24) is 19.6 Å². The van der Waals surface area contributed by atoms with E-state index in [2.05, 4.69) is 10.3 Å². The molecule has 0 aliphatic heterocycles. The number of aliphatic carboxylic acids is 1. The molecular weight excluding hydrogens is 658 g/mol. The number of amides is 2. The minimum atomic E-state index is -5.53. The third kappa shape index (κ3) is 7.80. The van der Waals surface area contributed by atoms with Crippen LogP contribution in [0.25, 0.3) is 11.1 Å². The molecule has 47 heavy (non-hydrogen) atoms. The van der Waals surface area contributed by atoms with E-state index in [1.165, 1.54) is 23.0 Å². The van der Waals surface area contributed by atoms with E-state index in [1.807, 2.05) is 17.7 Å². The lowest BCUT2D eigenvalue weighted by Gasteiger charge is -2.25. The summed E-state index contributed by atoms with van der Waals surface area (Å²) in [6.45, 7) is 2.00.